The predicted octanol–water partition coefficient (Wildman–Crippen LogP) is 1.39. The second kappa shape index (κ2) is 6.05. The summed E-state index contributed by atoms with van der Waals surface area (Å²) in [4.78, 5) is 11.5. The van der Waals surface area contributed by atoms with Gasteiger partial charge in [0, 0.05) is 19.1 Å². The van der Waals surface area contributed by atoms with Crippen molar-refractivity contribution in [1.82, 2.24) is 16.0 Å². The molecular formula is C13H23N3O. The van der Waals surface area contributed by atoms with Gasteiger partial charge in [-0.1, -0.05) is 18.6 Å². The van der Waals surface area contributed by atoms with Crippen LogP contribution in [-0.4, -0.2) is 31.7 Å². The number of nitrogens with one attached hydrogen (secondary N) is 3. The quantitative estimate of drug-likeness (QED) is 0.647. The van der Waals surface area contributed by atoms with Gasteiger partial charge < -0.3 is 16.0 Å². The SMILES string of the molecule is CC1CC(NC(=O)NCCC2=CCNCC2)C1. The molecule has 0 radical (unpaired) electrons. The number of urea groups is 1. The molecular weight excluding hydrogens is 214 g/mol. The van der Waals surface area contributed by atoms with Gasteiger partial charge in [-0.05, 0) is 38.1 Å². The van der Waals surface area contributed by atoms with Crippen LogP contribution < -0.4 is 16.0 Å². The zero-order valence-electron chi connectivity index (χ0n) is 10.6. The molecule has 0 aromatic carbocycles. The summed E-state index contributed by atoms with van der Waals surface area (Å²) in [7, 11) is 0. The third-order valence-corrected chi connectivity index (χ3v) is 3.60. The first-order valence-corrected chi connectivity index (χ1v) is 6.67. The third-order valence-electron chi connectivity index (χ3n) is 3.60. The molecule has 0 spiro atoms. The fourth-order valence-electron chi connectivity index (χ4n) is 2.49. The standard InChI is InChI=1S/C13H23N3O/c1-10-8-12(9-10)16-13(17)15-7-4-11-2-5-14-6-3-11/h2,10,12,14H,3-9H2,1H3,(H2,15,16,17). The first kappa shape index (κ1) is 12.4. The lowest BCUT2D eigenvalue weighted by molar-refractivity contribution is 0.210. The molecule has 0 aromatic rings. The van der Waals surface area contributed by atoms with Crippen molar-refractivity contribution in [2.24, 2.45) is 5.92 Å². The second-order valence-corrected chi connectivity index (χ2v) is 5.24. The maximum Gasteiger partial charge on any atom is 0.315 e. The predicted molar refractivity (Wildman–Crippen MR) is 68.9 cm³/mol. The zero-order chi connectivity index (χ0) is 12.1. The Hall–Kier alpha value is -1.03. The molecule has 0 bridgehead atoms. The van der Waals surface area contributed by atoms with Gasteiger partial charge in [-0.2, -0.15) is 0 Å². The van der Waals surface area contributed by atoms with Crippen molar-refractivity contribution in [1.29, 1.82) is 0 Å². The minimum Gasteiger partial charge on any atom is -0.338 e. The Morgan fingerprint density at radius 3 is 3.00 bits per heavy atom. The topological polar surface area (TPSA) is 53.2 Å². The van der Waals surface area contributed by atoms with Crippen LogP contribution in [0.4, 0.5) is 4.79 Å². The van der Waals surface area contributed by atoms with E-state index in [1.54, 1.807) is 0 Å². The van der Waals surface area contributed by atoms with Gasteiger partial charge in [-0.3, -0.25) is 0 Å². The molecule has 1 saturated carbocycles. The van der Waals surface area contributed by atoms with Crippen LogP contribution in [-0.2, 0) is 0 Å². The monoisotopic (exact) mass is 237 g/mol. The second-order valence-electron chi connectivity index (χ2n) is 5.24. The number of rotatable bonds is 4. The average Bonchev–Trinajstić information content (AvgIpc) is 2.28. The van der Waals surface area contributed by atoms with E-state index in [0.29, 0.717) is 6.04 Å². The summed E-state index contributed by atoms with van der Waals surface area (Å²) in [5.41, 5.74) is 1.46. The summed E-state index contributed by atoms with van der Waals surface area (Å²) < 4.78 is 0. The molecule has 3 N–H and O–H groups in total. The van der Waals surface area contributed by atoms with Gasteiger partial charge in [-0.15, -0.1) is 0 Å². The lowest BCUT2D eigenvalue weighted by Crippen LogP contribution is -2.48. The highest BCUT2D eigenvalue weighted by Crippen LogP contribution is 2.25. The first-order valence-electron chi connectivity index (χ1n) is 6.67. The number of carbonyl (C=O) groups is 1. The molecule has 0 atom stereocenters. The third kappa shape index (κ3) is 4.04. The van der Waals surface area contributed by atoms with Gasteiger partial charge in [0.25, 0.3) is 0 Å². The molecule has 1 fully saturated rings. The highest BCUT2D eigenvalue weighted by molar-refractivity contribution is 5.74. The molecule has 0 aromatic heterocycles. The van der Waals surface area contributed by atoms with Gasteiger partial charge >= 0.3 is 6.03 Å². The molecule has 4 heteroatoms. The maximum atomic E-state index is 11.5. The Morgan fingerprint density at radius 1 is 1.53 bits per heavy atom. The molecule has 1 aliphatic carbocycles. The fourth-order valence-corrected chi connectivity index (χ4v) is 2.49. The van der Waals surface area contributed by atoms with E-state index in [1.807, 2.05) is 0 Å². The molecule has 2 rings (SSSR count). The summed E-state index contributed by atoms with van der Waals surface area (Å²) >= 11 is 0. The van der Waals surface area contributed by atoms with Crippen molar-refractivity contribution < 1.29 is 4.79 Å². The Morgan fingerprint density at radius 2 is 2.35 bits per heavy atom. The van der Waals surface area contributed by atoms with E-state index in [0.717, 1.165) is 51.2 Å². The van der Waals surface area contributed by atoms with Crippen molar-refractivity contribution in [3.8, 4) is 0 Å². The minimum absolute atomic E-state index is 0.00330. The van der Waals surface area contributed by atoms with Gasteiger partial charge in [0.1, 0.15) is 0 Å². The van der Waals surface area contributed by atoms with Crippen molar-refractivity contribution in [2.75, 3.05) is 19.6 Å². The van der Waals surface area contributed by atoms with Gasteiger partial charge in [0.05, 0.1) is 0 Å². The summed E-state index contributed by atoms with van der Waals surface area (Å²) in [6.45, 7) is 5.01. The van der Waals surface area contributed by atoms with E-state index in [4.69, 9.17) is 0 Å². The van der Waals surface area contributed by atoms with Crippen LogP contribution in [0.15, 0.2) is 11.6 Å². The van der Waals surface area contributed by atoms with E-state index >= 15 is 0 Å². The lowest BCUT2D eigenvalue weighted by atomic mass is 9.82. The molecule has 0 saturated heterocycles. The molecule has 96 valence electrons. The Bertz CT molecular complexity index is 295. The van der Waals surface area contributed by atoms with Crippen molar-refractivity contribution >= 4 is 6.03 Å². The van der Waals surface area contributed by atoms with Crippen LogP contribution in [0.5, 0.6) is 0 Å². The number of hydrogen-bond donors (Lipinski definition) is 3. The largest absolute Gasteiger partial charge is 0.338 e. The molecule has 2 amide bonds. The molecule has 1 heterocycles. The molecule has 2 aliphatic rings. The zero-order valence-corrected chi connectivity index (χ0v) is 10.6. The normalized spacial score (nSPS) is 27.9. The van der Waals surface area contributed by atoms with Crippen molar-refractivity contribution in [3.63, 3.8) is 0 Å². The Labute approximate surface area is 103 Å². The number of carbonyl (C=O) groups excluding carboxylic acids is 1. The minimum atomic E-state index is -0.00330. The molecule has 1 aliphatic heterocycles. The summed E-state index contributed by atoms with van der Waals surface area (Å²) in [6, 6.07) is 0.402. The van der Waals surface area contributed by atoms with E-state index < -0.39 is 0 Å². The van der Waals surface area contributed by atoms with E-state index in [9.17, 15) is 4.79 Å². The molecule has 17 heavy (non-hydrogen) atoms. The molecule has 4 nitrogen and oxygen atoms in total. The highest BCUT2D eigenvalue weighted by atomic mass is 16.2. The fraction of sp³-hybridized carbons (Fsp3) is 0.769. The average molecular weight is 237 g/mol. The lowest BCUT2D eigenvalue weighted by Gasteiger charge is -2.33. The first-order chi connectivity index (χ1) is 8.24. The van der Waals surface area contributed by atoms with Crippen LogP contribution in [0, 0.1) is 5.92 Å². The Balaban J connectivity index is 1.55. The van der Waals surface area contributed by atoms with Gasteiger partial charge in [0.15, 0.2) is 0 Å². The maximum absolute atomic E-state index is 11.5. The van der Waals surface area contributed by atoms with Crippen LogP contribution in [0.25, 0.3) is 0 Å². The summed E-state index contributed by atoms with van der Waals surface area (Å²) in [5.74, 6) is 0.778. The van der Waals surface area contributed by atoms with E-state index in [-0.39, 0.29) is 6.03 Å². The van der Waals surface area contributed by atoms with E-state index in [2.05, 4.69) is 29.0 Å². The number of amides is 2. The van der Waals surface area contributed by atoms with Crippen LogP contribution >= 0.6 is 0 Å². The molecule has 0 unspecified atom stereocenters. The summed E-state index contributed by atoms with van der Waals surface area (Å²) in [6.07, 6.45) is 6.59. The van der Waals surface area contributed by atoms with Gasteiger partial charge in [0.2, 0.25) is 0 Å². The van der Waals surface area contributed by atoms with Gasteiger partial charge in [-0.25, -0.2) is 4.79 Å². The van der Waals surface area contributed by atoms with E-state index in [1.165, 1.54) is 5.57 Å². The van der Waals surface area contributed by atoms with Crippen molar-refractivity contribution in [2.45, 2.75) is 38.6 Å². The van der Waals surface area contributed by atoms with Crippen LogP contribution in [0.2, 0.25) is 0 Å². The highest BCUT2D eigenvalue weighted by Gasteiger charge is 2.26. The van der Waals surface area contributed by atoms with Crippen LogP contribution in [0.3, 0.4) is 0 Å². The van der Waals surface area contributed by atoms with Crippen molar-refractivity contribution in [3.05, 3.63) is 11.6 Å². The Kier molecular flexibility index (Phi) is 4.42. The van der Waals surface area contributed by atoms with Crippen LogP contribution in [0.1, 0.15) is 32.6 Å². The number of hydrogen-bond acceptors (Lipinski definition) is 2. The smallest absolute Gasteiger partial charge is 0.315 e. The summed E-state index contributed by atoms with van der Waals surface area (Å²) in [5, 5.41) is 9.22.